The normalized spacial score (nSPS) is 21.2. The van der Waals surface area contributed by atoms with Crippen molar-refractivity contribution in [2.24, 2.45) is 11.8 Å². The third kappa shape index (κ3) is 3.52. The molecule has 1 unspecified atom stereocenters. The maximum Gasteiger partial charge on any atom is 0.227 e. The first-order valence-corrected chi connectivity index (χ1v) is 8.76. The molecule has 0 radical (unpaired) electrons. The summed E-state index contributed by atoms with van der Waals surface area (Å²) in [6.07, 6.45) is 5.46. The Kier molecular flexibility index (Phi) is 4.82. The molecule has 2 aliphatic heterocycles. The minimum atomic E-state index is 0.276. The summed E-state index contributed by atoms with van der Waals surface area (Å²) in [5.41, 5.74) is 3.94. The Morgan fingerprint density at radius 1 is 1.41 bits per heavy atom. The number of amides is 1. The summed E-state index contributed by atoms with van der Waals surface area (Å²) < 4.78 is 0. The van der Waals surface area contributed by atoms with Crippen LogP contribution in [0.4, 0.5) is 5.69 Å². The fourth-order valence-corrected chi connectivity index (χ4v) is 3.73. The fourth-order valence-electron chi connectivity index (χ4n) is 3.73. The van der Waals surface area contributed by atoms with Crippen LogP contribution in [0, 0.1) is 11.8 Å². The summed E-state index contributed by atoms with van der Waals surface area (Å²) in [4.78, 5) is 14.3. The van der Waals surface area contributed by atoms with Gasteiger partial charge in [-0.3, -0.25) is 4.79 Å². The van der Waals surface area contributed by atoms with Crippen molar-refractivity contribution in [3.05, 3.63) is 29.3 Å². The minimum Gasteiger partial charge on any atom is -0.316 e. The van der Waals surface area contributed by atoms with Gasteiger partial charge in [-0.15, -0.1) is 0 Å². The van der Waals surface area contributed by atoms with E-state index in [0.717, 1.165) is 31.1 Å². The van der Waals surface area contributed by atoms with Gasteiger partial charge in [0, 0.05) is 18.7 Å². The zero-order chi connectivity index (χ0) is 15.5. The Balaban J connectivity index is 1.68. The van der Waals surface area contributed by atoms with E-state index in [2.05, 4.69) is 37.4 Å². The first-order valence-electron chi connectivity index (χ1n) is 8.76. The summed E-state index contributed by atoms with van der Waals surface area (Å²) in [6, 6.07) is 6.74. The molecular weight excluding hydrogens is 272 g/mol. The summed E-state index contributed by atoms with van der Waals surface area (Å²) in [5, 5.41) is 3.49. The van der Waals surface area contributed by atoms with Crippen LogP contribution in [-0.4, -0.2) is 25.5 Å². The number of nitrogens with one attached hydrogen (secondary N) is 1. The first-order chi connectivity index (χ1) is 10.6. The predicted octanol–water partition coefficient (Wildman–Crippen LogP) is 3.16. The molecule has 1 aromatic rings. The maximum atomic E-state index is 12.3. The molecule has 1 atom stereocenters. The van der Waals surface area contributed by atoms with Gasteiger partial charge < -0.3 is 10.2 Å². The highest BCUT2D eigenvalue weighted by molar-refractivity contribution is 5.95. The number of anilines is 1. The number of fused-ring (bicyclic) bond motifs is 1. The van der Waals surface area contributed by atoms with E-state index in [-0.39, 0.29) is 5.91 Å². The van der Waals surface area contributed by atoms with E-state index in [1.54, 1.807) is 0 Å². The topological polar surface area (TPSA) is 32.3 Å². The molecule has 1 amide bonds. The van der Waals surface area contributed by atoms with E-state index in [4.69, 9.17) is 0 Å². The third-order valence-electron chi connectivity index (χ3n) is 4.85. The highest BCUT2D eigenvalue weighted by Crippen LogP contribution is 2.31. The van der Waals surface area contributed by atoms with Crippen LogP contribution in [-0.2, 0) is 17.6 Å². The van der Waals surface area contributed by atoms with Gasteiger partial charge in [0.1, 0.15) is 0 Å². The largest absolute Gasteiger partial charge is 0.316 e. The van der Waals surface area contributed by atoms with Gasteiger partial charge >= 0.3 is 0 Å². The van der Waals surface area contributed by atoms with Crippen LogP contribution >= 0.6 is 0 Å². The van der Waals surface area contributed by atoms with Crippen LogP contribution in [0.1, 0.15) is 44.2 Å². The molecule has 2 aliphatic rings. The van der Waals surface area contributed by atoms with E-state index in [0.29, 0.717) is 12.3 Å². The van der Waals surface area contributed by atoms with Crippen LogP contribution in [0.5, 0.6) is 0 Å². The van der Waals surface area contributed by atoms with Crippen molar-refractivity contribution in [1.29, 1.82) is 0 Å². The summed E-state index contributed by atoms with van der Waals surface area (Å²) in [5.74, 6) is 1.47. The Morgan fingerprint density at radius 2 is 2.27 bits per heavy atom. The van der Waals surface area contributed by atoms with Crippen molar-refractivity contribution < 1.29 is 4.79 Å². The molecule has 3 rings (SSSR count). The van der Waals surface area contributed by atoms with Crippen molar-refractivity contribution in [2.45, 2.75) is 46.0 Å². The molecular formula is C19H28N2O. The number of carbonyl (C=O) groups is 1. The van der Waals surface area contributed by atoms with Crippen molar-refractivity contribution in [2.75, 3.05) is 24.5 Å². The lowest BCUT2D eigenvalue weighted by Gasteiger charge is -2.23. The lowest BCUT2D eigenvalue weighted by atomic mass is 9.91. The van der Waals surface area contributed by atoms with E-state index in [9.17, 15) is 4.79 Å². The Hall–Kier alpha value is -1.35. The number of piperidine rings is 1. The van der Waals surface area contributed by atoms with E-state index in [1.807, 2.05) is 4.90 Å². The third-order valence-corrected chi connectivity index (χ3v) is 4.85. The molecule has 0 aliphatic carbocycles. The molecule has 120 valence electrons. The van der Waals surface area contributed by atoms with Crippen LogP contribution in [0.2, 0.25) is 0 Å². The van der Waals surface area contributed by atoms with Gasteiger partial charge in [0.05, 0.1) is 0 Å². The monoisotopic (exact) mass is 300 g/mol. The number of carbonyl (C=O) groups excluding carboxylic acids is 1. The van der Waals surface area contributed by atoms with Crippen LogP contribution in [0.15, 0.2) is 18.2 Å². The summed E-state index contributed by atoms with van der Waals surface area (Å²) in [7, 11) is 0. The molecule has 3 nitrogen and oxygen atoms in total. The zero-order valence-electron chi connectivity index (χ0n) is 13.9. The predicted molar refractivity (Wildman–Crippen MR) is 91.3 cm³/mol. The molecule has 0 aromatic heterocycles. The maximum absolute atomic E-state index is 12.3. The van der Waals surface area contributed by atoms with Gasteiger partial charge in [0.25, 0.3) is 0 Å². The summed E-state index contributed by atoms with van der Waals surface area (Å²) in [6.45, 7) is 7.39. The zero-order valence-corrected chi connectivity index (χ0v) is 13.9. The van der Waals surface area contributed by atoms with Crippen LogP contribution in [0.25, 0.3) is 0 Å². The summed E-state index contributed by atoms with van der Waals surface area (Å²) >= 11 is 0. The fraction of sp³-hybridized carbons (Fsp3) is 0.632. The molecule has 2 heterocycles. The van der Waals surface area contributed by atoms with Gasteiger partial charge in [0.15, 0.2) is 0 Å². The smallest absolute Gasteiger partial charge is 0.227 e. The van der Waals surface area contributed by atoms with Gasteiger partial charge in [-0.05, 0) is 67.8 Å². The SMILES string of the molecule is CC(C)CC(=O)N1CCc2cc(CC3CCCNC3)ccc21. The van der Waals surface area contributed by atoms with Gasteiger partial charge in [-0.1, -0.05) is 26.0 Å². The number of rotatable bonds is 4. The van der Waals surface area contributed by atoms with Crippen molar-refractivity contribution in [1.82, 2.24) is 5.32 Å². The highest BCUT2D eigenvalue weighted by atomic mass is 16.2. The standard InChI is InChI=1S/C19H28N2O/c1-14(2)10-19(22)21-9-7-17-12-15(5-6-18(17)21)11-16-4-3-8-20-13-16/h5-6,12,14,16,20H,3-4,7-11,13H2,1-2H3. The molecule has 1 N–H and O–H groups in total. The molecule has 22 heavy (non-hydrogen) atoms. The average Bonchev–Trinajstić information content (AvgIpc) is 2.91. The minimum absolute atomic E-state index is 0.276. The van der Waals surface area contributed by atoms with E-state index in [1.165, 1.54) is 36.9 Å². The molecule has 3 heteroatoms. The molecule has 0 bridgehead atoms. The van der Waals surface area contributed by atoms with E-state index >= 15 is 0 Å². The molecule has 0 spiro atoms. The quantitative estimate of drug-likeness (QED) is 0.926. The van der Waals surface area contributed by atoms with Crippen LogP contribution in [0.3, 0.4) is 0 Å². The van der Waals surface area contributed by atoms with E-state index < -0.39 is 0 Å². The Morgan fingerprint density at radius 3 is 3.00 bits per heavy atom. The first kappa shape index (κ1) is 15.5. The van der Waals surface area contributed by atoms with Gasteiger partial charge in [0.2, 0.25) is 5.91 Å². The Bertz CT molecular complexity index is 532. The second-order valence-electron chi connectivity index (χ2n) is 7.27. The highest BCUT2D eigenvalue weighted by Gasteiger charge is 2.25. The number of benzene rings is 1. The van der Waals surface area contributed by atoms with Crippen molar-refractivity contribution >= 4 is 11.6 Å². The number of hydrogen-bond acceptors (Lipinski definition) is 2. The number of nitrogens with zero attached hydrogens (tertiary/aromatic N) is 1. The molecule has 0 saturated carbocycles. The van der Waals surface area contributed by atoms with Crippen LogP contribution < -0.4 is 10.2 Å². The lowest BCUT2D eigenvalue weighted by Crippen LogP contribution is -2.30. The van der Waals surface area contributed by atoms with Gasteiger partial charge in [-0.2, -0.15) is 0 Å². The second kappa shape index (κ2) is 6.82. The van der Waals surface area contributed by atoms with Gasteiger partial charge in [-0.25, -0.2) is 0 Å². The van der Waals surface area contributed by atoms with Crippen molar-refractivity contribution in [3.63, 3.8) is 0 Å². The van der Waals surface area contributed by atoms with Crippen molar-refractivity contribution in [3.8, 4) is 0 Å². The number of hydrogen-bond donors (Lipinski definition) is 1. The average molecular weight is 300 g/mol. The molecule has 1 aromatic carbocycles. The Labute approximate surface area is 134 Å². The second-order valence-corrected chi connectivity index (χ2v) is 7.27. The molecule has 1 saturated heterocycles. The molecule has 1 fully saturated rings. The lowest BCUT2D eigenvalue weighted by molar-refractivity contribution is -0.119.